The molecule has 0 aliphatic rings. The molecule has 0 N–H and O–H groups in total. The summed E-state index contributed by atoms with van der Waals surface area (Å²) in [6.07, 6.45) is -0.648. The van der Waals surface area contributed by atoms with Crippen LogP contribution >= 0.6 is 0 Å². The van der Waals surface area contributed by atoms with Gasteiger partial charge in [-0.1, -0.05) is 18.2 Å². The lowest BCUT2D eigenvalue weighted by atomic mass is 10.2. The molecule has 0 radical (unpaired) electrons. The molecule has 0 aliphatic heterocycles. The van der Waals surface area contributed by atoms with Gasteiger partial charge in [-0.25, -0.2) is 4.39 Å². The summed E-state index contributed by atoms with van der Waals surface area (Å²) in [6.45, 7) is 1.67. The number of likely N-dealkylation sites (N-methyl/N-ethyl adjacent to an activating group) is 1. The van der Waals surface area contributed by atoms with Crippen molar-refractivity contribution in [2.45, 2.75) is 13.0 Å². The second-order valence-electron chi connectivity index (χ2n) is 4.45. The third-order valence-corrected chi connectivity index (χ3v) is 2.95. The van der Waals surface area contributed by atoms with Crippen molar-refractivity contribution in [2.75, 3.05) is 11.9 Å². The van der Waals surface area contributed by atoms with Crippen LogP contribution in [0.4, 0.5) is 10.1 Å². The molecule has 0 aromatic heterocycles. The zero-order chi connectivity index (χ0) is 14.5. The minimum Gasteiger partial charge on any atom is -0.481 e. The van der Waals surface area contributed by atoms with Gasteiger partial charge in [0.2, 0.25) is 0 Å². The van der Waals surface area contributed by atoms with Gasteiger partial charge in [0, 0.05) is 12.7 Å². The van der Waals surface area contributed by atoms with Crippen molar-refractivity contribution in [2.24, 2.45) is 0 Å². The van der Waals surface area contributed by atoms with Gasteiger partial charge in [-0.05, 0) is 43.3 Å². The van der Waals surface area contributed by atoms with Gasteiger partial charge in [-0.15, -0.1) is 0 Å². The SMILES string of the molecule is C[C@H](Oc1ccc(F)cc1)C(=O)N(C)c1ccccc1. The number of para-hydroxylation sites is 1. The van der Waals surface area contributed by atoms with E-state index in [0.717, 1.165) is 5.69 Å². The van der Waals surface area contributed by atoms with Crippen LogP contribution in [0.1, 0.15) is 6.92 Å². The molecule has 0 spiro atoms. The summed E-state index contributed by atoms with van der Waals surface area (Å²) >= 11 is 0. The molecule has 0 aliphatic carbocycles. The molecule has 104 valence electrons. The largest absolute Gasteiger partial charge is 0.481 e. The van der Waals surface area contributed by atoms with E-state index in [0.29, 0.717) is 5.75 Å². The van der Waals surface area contributed by atoms with E-state index < -0.39 is 6.10 Å². The fourth-order valence-electron chi connectivity index (χ4n) is 1.82. The van der Waals surface area contributed by atoms with Crippen LogP contribution in [0.2, 0.25) is 0 Å². The third kappa shape index (κ3) is 3.35. The third-order valence-electron chi connectivity index (χ3n) is 2.95. The van der Waals surface area contributed by atoms with Gasteiger partial charge in [0.05, 0.1) is 0 Å². The lowest BCUT2D eigenvalue weighted by Gasteiger charge is -2.22. The zero-order valence-electron chi connectivity index (χ0n) is 11.4. The molecule has 0 saturated heterocycles. The minimum atomic E-state index is -0.648. The number of rotatable bonds is 4. The van der Waals surface area contributed by atoms with Gasteiger partial charge < -0.3 is 9.64 Å². The topological polar surface area (TPSA) is 29.5 Å². The van der Waals surface area contributed by atoms with E-state index in [1.807, 2.05) is 30.3 Å². The number of hydrogen-bond donors (Lipinski definition) is 0. The number of carbonyl (C=O) groups is 1. The molecule has 3 nitrogen and oxygen atoms in total. The van der Waals surface area contributed by atoms with Gasteiger partial charge in [0.1, 0.15) is 11.6 Å². The highest BCUT2D eigenvalue weighted by molar-refractivity contribution is 5.95. The van der Waals surface area contributed by atoms with E-state index >= 15 is 0 Å². The standard InChI is InChI=1S/C16H16FNO2/c1-12(20-15-10-8-13(17)9-11-15)16(19)18(2)14-6-4-3-5-7-14/h3-12H,1-2H3/t12-/m0/s1. The van der Waals surface area contributed by atoms with Crippen LogP contribution in [0, 0.1) is 5.82 Å². The van der Waals surface area contributed by atoms with Gasteiger partial charge in [-0.2, -0.15) is 0 Å². The summed E-state index contributed by atoms with van der Waals surface area (Å²) in [6, 6.07) is 14.9. The molecule has 2 aromatic carbocycles. The van der Waals surface area contributed by atoms with Crippen LogP contribution in [0.3, 0.4) is 0 Å². The number of carbonyl (C=O) groups excluding carboxylic acids is 1. The van der Waals surface area contributed by atoms with E-state index in [9.17, 15) is 9.18 Å². The van der Waals surface area contributed by atoms with Crippen molar-refractivity contribution in [3.8, 4) is 5.75 Å². The van der Waals surface area contributed by atoms with Crippen molar-refractivity contribution < 1.29 is 13.9 Å². The van der Waals surface area contributed by atoms with E-state index in [1.165, 1.54) is 29.2 Å². The first-order valence-corrected chi connectivity index (χ1v) is 6.33. The van der Waals surface area contributed by atoms with Crippen LogP contribution < -0.4 is 9.64 Å². The highest BCUT2D eigenvalue weighted by Gasteiger charge is 2.20. The van der Waals surface area contributed by atoms with Crippen molar-refractivity contribution in [1.82, 2.24) is 0 Å². The predicted octanol–water partition coefficient (Wildman–Crippen LogP) is 3.26. The zero-order valence-corrected chi connectivity index (χ0v) is 11.4. The molecular weight excluding hydrogens is 257 g/mol. The molecular formula is C16H16FNO2. The molecule has 2 rings (SSSR count). The molecule has 0 fully saturated rings. The van der Waals surface area contributed by atoms with Crippen molar-refractivity contribution in [3.63, 3.8) is 0 Å². The fraction of sp³-hybridized carbons (Fsp3) is 0.188. The van der Waals surface area contributed by atoms with Gasteiger partial charge in [-0.3, -0.25) is 4.79 Å². The number of ether oxygens (including phenoxy) is 1. The first kappa shape index (κ1) is 14.1. The Hall–Kier alpha value is -2.36. The Balaban J connectivity index is 2.03. The molecule has 1 atom stereocenters. The molecule has 2 aromatic rings. The highest BCUT2D eigenvalue weighted by Crippen LogP contribution is 2.16. The maximum absolute atomic E-state index is 12.8. The first-order valence-electron chi connectivity index (χ1n) is 6.33. The van der Waals surface area contributed by atoms with E-state index in [1.54, 1.807) is 14.0 Å². The second-order valence-corrected chi connectivity index (χ2v) is 4.45. The number of benzene rings is 2. The molecule has 1 amide bonds. The van der Waals surface area contributed by atoms with Crippen molar-refractivity contribution in [1.29, 1.82) is 0 Å². The first-order chi connectivity index (χ1) is 9.58. The van der Waals surface area contributed by atoms with Crippen LogP contribution in [-0.4, -0.2) is 19.1 Å². The Morgan fingerprint density at radius 3 is 2.30 bits per heavy atom. The second kappa shape index (κ2) is 6.19. The average Bonchev–Trinajstić information content (AvgIpc) is 2.49. The normalized spacial score (nSPS) is 11.8. The molecule has 0 saturated carbocycles. The quantitative estimate of drug-likeness (QED) is 0.855. The molecule has 0 unspecified atom stereocenters. The Morgan fingerprint density at radius 1 is 1.10 bits per heavy atom. The maximum Gasteiger partial charge on any atom is 0.267 e. The summed E-state index contributed by atoms with van der Waals surface area (Å²) in [5, 5.41) is 0. The lowest BCUT2D eigenvalue weighted by Crippen LogP contribution is -2.37. The number of hydrogen-bond acceptors (Lipinski definition) is 2. The molecule has 0 bridgehead atoms. The van der Waals surface area contributed by atoms with Crippen molar-refractivity contribution in [3.05, 3.63) is 60.4 Å². The van der Waals surface area contributed by atoms with Crippen molar-refractivity contribution >= 4 is 11.6 Å². The van der Waals surface area contributed by atoms with Gasteiger partial charge in [0.15, 0.2) is 6.10 Å². The van der Waals surface area contributed by atoms with Gasteiger partial charge >= 0.3 is 0 Å². The molecule has 20 heavy (non-hydrogen) atoms. The van der Waals surface area contributed by atoms with E-state index in [-0.39, 0.29) is 11.7 Å². The van der Waals surface area contributed by atoms with Crippen LogP contribution in [0.15, 0.2) is 54.6 Å². The summed E-state index contributed by atoms with van der Waals surface area (Å²) in [7, 11) is 1.70. The molecule has 4 heteroatoms. The number of halogens is 1. The van der Waals surface area contributed by atoms with Crippen LogP contribution in [0.5, 0.6) is 5.75 Å². The minimum absolute atomic E-state index is 0.166. The number of nitrogens with zero attached hydrogens (tertiary/aromatic N) is 1. The Bertz CT molecular complexity index is 569. The summed E-state index contributed by atoms with van der Waals surface area (Å²) in [5.41, 5.74) is 0.798. The number of anilines is 1. The summed E-state index contributed by atoms with van der Waals surface area (Å²) in [4.78, 5) is 13.8. The van der Waals surface area contributed by atoms with Crippen LogP contribution in [-0.2, 0) is 4.79 Å². The average molecular weight is 273 g/mol. The van der Waals surface area contributed by atoms with E-state index in [4.69, 9.17) is 4.74 Å². The smallest absolute Gasteiger partial charge is 0.267 e. The number of amides is 1. The monoisotopic (exact) mass is 273 g/mol. The Kier molecular flexibility index (Phi) is 4.35. The Labute approximate surface area is 117 Å². The fourth-order valence-corrected chi connectivity index (χ4v) is 1.82. The van der Waals surface area contributed by atoms with Crippen LogP contribution in [0.25, 0.3) is 0 Å². The Morgan fingerprint density at radius 2 is 1.70 bits per heavy atom. The van der Waals surface area contributed by atoms with Gasteiger partial charge in [0.25, 0.3) is 5.91 Å². The summed E-state index contributed by atoms with van der Waals surface area (Å²) < 4.78 is 18.3. The predicted molar refractivity (Wildman–Crippen MR) is 76.3 cm³/mol. The maximum atomic E-state index is 12.8. The molecule has 0 heterocycles. The lowest BCUT2D eigenvalue weighted by molar-refractivity contribution is -0.124. The summed E-state index contributed by atoms with van der Waals surface area (Å²) in [5.74, 6) is -0.0352. The highest BCUT2D eigenvalue weighted by atomic mass is 19.1. The van der Waals surface area contributed by atoms with E-state index in [2.05, 4.69) is 0 Å².